The predicted molar refractivity (Wildman–Crippen MR) is 76.7 cm³/mol. The standard InChI is InChI=1S/C13H17N5O4/c1-4-21-12(19)10-9(14)11(13(20)22-5-2)18(16-10)8-6-7-17(3)15-8/h6-7H,4-5,14H2,1-3H3. The molecule has 0 fully saturated rings. The van der Waals surface area contributed by atoms with Crippen molar-refractivity contribution in [1.82, 2.24) is 19.6 Å². The molecule has 118 valence electrons. The Labute approximate surface area is 126 Å². The van der Waals surface area contributed by atoms with Crippen LogP contribution in [-0.2, 0) is 16.5 Å². The minimum atomic E-state index is -0.708. The van der Waals surface area contributed by atoms with Crippen molar-refractivity contribution in [2.75, 3.05) is 18.9 Å². The molecule has 0 bridgehead atoms. The first-order chi connectivity index (χ1) is 10.5. The molecule has 0 aliphatic heterocycles. The maximum absolute atomic E-state index is 12.1. The van der Waals surface area contributed by atoms with Crippen LogP contribution in [0.5, 0.6) is 0 Å². The number of anilines is 1. The van der Waals surface area contributed by atoms with Crippen molar-refractivity contribution < 1.29 is 19.1 Å². The van der Waals surface area contributed by atoms with Crippen molar-refractivity contribution in [3.63, 3.8) is 0 Å². The zero-order chi connectivity index (χ0) is 16.3. The third kappa shape index (κ3) is 2.78. The van der Waals surface area contributed by atoms with E-state index < -0.39 is 11.9 Å². The van der Waals surface area contributed by atoms with Crippen LogP contribution in [0.2, 0.25) is 0 Å². The molecule has 0 unspecified atom stereocenters. The molecule has 9 nitrogen and oxygen atoms in total. The summed E-state index contributed by atoms with van der Waals surface area (Å²) < 4.78 is 12.6. The Balaban J connectivity index is 2.57. The number of hydrogen-bond acceptors (Lipinski definition) is 7. The number of carbonyl (C=O) groups excluding carboxylic acids is 2. The Kier molecular flexibility index (Phi) is 4.44. The van der Waals surface area contributed by atoms with Crippen LogP contribution in [0.1, 0.15) is 34.8 Å². The number of aryl methyl sites for hydroxylation is 1. The Hall–Kier alpha value is -2.84. The van der Waals surface area contributed by atoms with Crippen molar-refractivity contribution >= 4 is 17.6 Å². The number of esters is 2. The van der Waals surface area contributed by atoms with Crippen molar-refractivity contribution in [3.05, 3.63) is 23.7 Å². The van der Waals surface area contributed by atoms with Gasteiger partial charge in [0.25, 0.3) is 0 Å². The van der Waals surface area contributed by atoms with Crippen molar-refractivity contribution in [2.45, 2.75) is 13.8 Å². The summed E-state index contributed by atoms with van der Waals surface area (Å²) in [6.07, 6.45) is 1.67. The largest absolute Gasteiger partial charge is 0.461 e. The Bertz CT molecular complexity index is 703. The second-order valence-corrected chi connectivity index (χ2v) is 4.31. The summed E-state index contributed by atoms with van der Waals surface area (Å²) in [6, 6.07) is 1.63. The number of nitrogens with zero attached hydrogens (tertiary/aromatic N) is 4. The van der Waals surface area contributed by atoms with Crippen LogP contribution < -0.4 is 5.73 Å². The third-order valence-electron chi connectivity index (χ3n) is 2.78. The number of nitrogens with two attached hydrogens (primary N) is 1. The van der Waals surface area contributed by atoms with Crippen molar-refractivity contribution in [1.29, 1.82) is 0 Å². The van der Waals surface area contributed by atoms with E-state index in [0.717, 1.165) is 0 Å². The van der Waals surface area contributed by atoms with Gasteiger partial charge in [-0.1, -0.05) is 0 Å². The monoisotopic (exact) mass is 307 g/mol. The second-order valence-electron chi connectivity index (χ2n) is 4.31. The molecule has 0 radical (unpaired) electrons. The van der Waals surface area contributed by atoms with E-state index in [1.807, 2.05) is 0 Å². The highest BCUT2D eigenvalue weighted by atomic mass is 16.5. The van der Waals surface area contributed by atoms with Gasteiger partial charge < -0.3 is 15.2 Å². The molecule has 2 aromatic heterocycles. The number of rotatable bonds is 5. The molecule has 0 saturated carbocycles. The number of ether oxygens (including phenoxy) is 2. The SMILES string of the molecule is CCOC(=O)c1nn(-c2ccn(C)n2)c(C(=O)OCC)c1N. The lowest BCUT2D eigenvalue weighted by Gasteiger charge is -2.04. The summed E-state index contributed by atoms with van der Waals surface area (Å²) in [5.74, 6) is -1.05. The molecule has 0 spiro atoms. The van der Waals surface area contributed by atoms with Gasteiger partial charge >= 0.3 is 11.9 Å². The summed E-state index contributed by atoms with van der Waals surface area (Å²) in [5.41, 5.74) is 5.60. The Morgan fingerprint density at radius 1 is 1.18 bits per heavy atom. The van der Waals surface area contributed by atoms with Gasteiger partial charge in [0.1, 0.15) is 5.69 Å². The summed E-state index contributed by atoms with van der Waals surface area (Å²) >= 11 is 0. The molecule has 0 saturated heterocycles. The first-order valence-electron chi connectivity index (χ1n) is 6.72. The fraction of sp³-hybridized carbons (Fsp3) is 0.385. The van der Waals surface area contributed by atoms with Gasteiger partial charge in [-0.15, -0.1) is 0 Å². The number of carbonyl (C=O) groups is 2. The van der Waals surface area contributed by atoms with Gasteiger partial charge in [-0.3, -0.25) is 4.68 Å². The lowest BCUT2D eigenvalue weighted by Crippen LogP contribution is -2.14. The molecule has 0 amide bonds. The highest BCUT2D eigenvalue weighted by Gasteiger charge is 2.28. The smallest absolute Gasteiger partial charge is 0.361 e. The first-order valence-corrected chi connectivity index (χ1v) is 6.72. The molecule has 22 heavy (non-hydrogen) atoms. The van der Waals surface area contributed by atoms with Gasteiger partial charge in [-0.2, -0.15) is 10.2 Å². The summed E-state index contributed by atoms with van der Waals surface area (Å²) in [7, 11) is 1.71. The maximum Gasteiger partial charge on any atom is 0.361 e. The number of aromatic nitrogens is 4. The average Bonchev–Trinajstić information content (AvgIpc) is 3.03. The molecule has 9 heteroatoms. The van der Waals surface area contributed by atoms with Crippen LogP contribution in [0.25, 0.3) is 5.82 Å². The molecule has 0 aliphatic rings. The first kappa shape index (κ1) is 15.5. The number of nitrogen functional groups attached to an aromatic ring is 1. The number of hydrogen-bond donors (Lipinski definition) is 1. The van der Waals surface area contributed by atoms with Gasteiger partial charge in [0.2, 0.25) is 0 Å². The van der Waals surface area contributed by atoms with Crippen molar-refractivity contribution in [2.24, 2.45) is 7.05 Å². The van der Waals surface area contributed by atoms with Crippen LogP contribution in [-0.4, -0.2) is 44.7 Å². The van der Waals surface area contributed by atoms with E-state index in [-0.39, 0.29) is 30.3 Å². The lowest BCUT2D eigenvalue weighted by atomic mass is 10.3. The predicted octanol–water partition coefficient (Wildman–Crippen LogP) is 0.541. The second kappa shape index (κ2) is 6.29. The van der Waals surface area contributed by atoms with Gasteiger partial charge in [0.05, 0.1) is 13.2 Å². The van der Waals surface area contributed by atoms with Crippen molar-refractivity contribution in [3.8, 4) is 5.82 Å². The fourth-order valence-electron chi connectivity index (χ4n) is 1.86. The van der Waals surface area contributed by atoms with Crippen LogP contribution in [0.4, 0.5) is 5.69 Å². The van der Waals surface area contributed by atoms with Gasteiger partial charge in [-0.25, -0.2) is 14.3 Å². The highest BCUT2D eigenvalue weighted by Crippen LogP contribution is 2.22. The van der Waals surface area contributed by atoms with Gasteiger partial charge in [0.15, 0.2) is 17.2 Å². The normalized spacial score (nSPS) is 10.5. The van der Waals surface area contributed by atoms with Crippen LogP contribution >= 0.6 is 0 Å². The average molecular weight is 307 g/mol. The minimum Gasteiger partial charge on any atom is -0.461 e. The van der Waals surface area contributed by atoms with Crippen LogP contribution in [0.3, 0.4) is 0 Å². The van der Waals surface area contributed by atoms with E-state index in [2.05, 4.69) is 10.2 Å². The molecule has 0 atom stereocenters. The van der Waals surface area contributed by atoms with E-state index in [0.29, 0.717) is 5.82 Å². The zero-order valence-corrected chi connectivity index (χ0v) is 12.6. The minimum absolute atomic E-state index is 0.0522. The maximum atomic E-state index is 12.1. The van der Waals surface area contributed by atoms with E-state index in [1.54, 1.807) is 33.2 Å². The van der Waals surface area contributed by atoms with E-state index in [1.165, 1.54) is 9.36 Å². The highest BCUT2D eigenvalue weighted by molar-refractivity contribution is 6.02. The quantitative estimate of drug-likeness (QED) is 0.802. The van der Waals surface area contributed by atoms with E-state index >= 15 is 0 Å². The summed E-state index contributed by atoms with van der Waals surface area (Å²) in [5, 5.41) is 8.20. The van der Waals surface area contributed by atoms with Crippen LogP contribution in [0, 0.1) is 0 Å². The van der Waals surface area contributed by atoms with E-state index in [9.17, 15) is 9.59 Å². The topological polar surface area (TPSA) is 114 Å². The molecule has 0 aliphatic carbocycles. The molecule has 2 rings (SSSR count). The lowest BCUT2D eigenvalue weighted by molar-refractivity contribution is 0.0509. The Morgan fingerprint density at radius 3 is 2.36 bits per heavy atom. The molecular formula is C13H17N5O4. The molecule has 0 aromatic carbocycles. The van der Waals surface area contributed by atoms with E-state index in [4.69, 9.17) is 15.2 Å². The fourth-order valence-corrected chi connectivity index (χ4v) is 1.86. The summed E-state index contributed by atoms with van der Waals surface area (Å²) in [4.78, 5) is 24.0. The molecule has 2 N–H and O–H groups in total. The summed E-state index contributed by atoms with van der Waals surface area (Å²) in [6.45, 7) is 3.67. The molecule has 2 heterocycles. The Morgan fingerprint density at radius 2 is 1.82 bits per heavy atom. The van der Waals surface area contributed by atoms with Crippen LogP contribution in [0.15, 0.2) is 12.3 Å². The zero-order valence-electron chi connectivity index (χ0n) is 12.6. The molecule has 2 aromatic rings. The molecular weight excluding hydrogens is 290 g/mol. The van der Waals surface area contributed by atoms with Gasteiger partial charge in [0, 0.05) is 19.3 Å². The van der Waals surface area contributed by atoms with Gasteiger partial charge in [-0.05, 0) is 13.8 Å². The third-order valence-corrected chi connectivity index (χ3v) is 2.78.